The summed E-state index contributed by atoms with van der Waals surface area (Å²) in [5, 5.41) is 11.5. The van der Waals surface area contributed by atoms with Crippen LogP contribution in [0.5, 0.6) is 0 Å². The number of rotatable bonds is 5. The Morgan fingerprint density at radius 1 is 1.20 bits per heavy atom. The number of hydrogen-bond donors (Lipinski definition) is 2. The van der Waals surface area contributed by atoms with Crippen LogP contribution in [0, 0.1) is 0 Å². The van der Waals surface area contributed by atoms with Crippen molar-refractivity contribution in [1.29, 1.82) is 0 Å². The highest BCUT2D eigenvalue weighted by atomic mass is 35.5. The molecule has 25 heavy (non-hydrogen) atoms. The molecule has 2 aromatic carbocycles. The van der Waals surface area contributed by atoms with Gasteiger partial charge in [0.25, 0.3) is 5.91 Å². The number of hydrogen-bond acceptors (Lipinski definition) is 4. The third-order valence-corrected chi connectivity index (χ3v) is 4.45. The highest BCUT2D eigenvalue weighted by Crippen LogP contribution is 2.20. The first-order valence-electron chi connectivity index (χ1n) is 7.44. The predicted octanol–water partition coefficient (Wildman–Crippen LogP) is 4.22. The van der Waals surface area contributed by atoms with Gasteiger partial charge in [-0.1, -0.05) is 35.9 Å². The first-order chi connectivity index (χ1) is 12.2. The molecule has 126 valence electrons. The van der Waals surface area contributed by atoms with Gasteiger partial charge in [-0.3, -0.25) is 9.89 Å². The van der Waals surface area contributed by atoms with E-state index in [9.17, 15) is 4.79 Å². The zero-order chi connectivity index (χ0) is 17.6. The number of nitrogens with one attached hydrogen (secondary N) is 2. The molecule has 7 heteroatoms. The van der Waals surface area contributed by atoms with E-state index < -0.39 is 0 Å². The van der Waals surface area contributed by atoms with Crippen LogP contribution in [0.1, 0.15) is 16.1 Å². The minimum Gasteiger partial charge on any atom is -0.272 e. The number of H-pyrrole nitrogens is 1. The molecule has 0 fully saturated rings. The van der Waals surface area contributed by atoms with Gasteiger partial charge < -0.3 is 0 Å². The van der Waals surface area contributed by atoms with Crippen LogP contribution in [0.4, 0.5) is 0 Å². The maximum Gasteiger partial charge on any atom is 0.289 e. The first-order valence-corrected chi connectivity index (χ1v) is 9.05. The fourth-order valence-corrected chi connectivity index (χ4v) is 2.66. The van der Waals surface area contributed by atoms with Crippen LogP contribution in [-0.4, -0.2) is 28.6 Å². The molecular formula is C18H15ClN4OS. The Kier molecular flexibility index (Phi) is 5.53. The Balaban J connectivity index is 1.63. The summed E-state index contributed by atoms with van der Waals surface area (Å²) in [5.41, 5.74) is 5.26. The number of halogens is 1. The molecule has 5 nitrogen and oxygen atoms in total. The van der Waals surface area contributed by atoms with Gasteiger partial charge in [-0.25, -0.2) is 5.43 Å². The lowest BCUT2D eigenvalue weighted by Gasteiger charge is -1.98. The van der Waals surface area contributed by atoms with Gasteiger partial charge in [-0.2, -0.15) is 10.2 Å². The second-order valence-corrected chi connectivity index (χ2v) is 6.46. The molecule has 0 aliphatic carbocycles. The molecular weight excluding hydrogens is 356 g/mol. The zero-order valence-electron chi connectivity index (χ0n) is 13.4. The normalized spacial score (nSPS) is 11.0. The Labute approximate surface area is 154 Å². The van der Waals surface area contributed by atoms with E-state index in [1.54, 1.807) is 36.2 Å². The molecule has 0 aliphatic rings. The zero-order valence-corrected chi connectivity index (χ0v) is 14.9. The average molecular weight is 371 g/mol. The molecule has 0 radical (unpaired) electrons. The summed E-state index contributed by atoms with van der Waals surface area (Å²) in [7, 11) is 0. The molecule has 3 aromatic rings. The molecule has 1 amide bonds. The fourth-order valence-electron chi connectivity index (χ4n) is 2.12. The number of carbonyl (C=O) groups excluding carboxylic acids is 1. The Morgan fingerprint density at radius 3 is 2.60 bits per heavy atom. The molecule has 2 N–H and O–H groups in total. The summed E-state index contributed by atoms with van der Waals surface area (Å²) in [6.45, 7) is 0. The van der Waals surface area contributed by atoms with Crippen LogP contribution in [0.25, 0.3) is 11.3 Å². The van der Waals surface area contributed by atoms with Gasteiger partial charge in [0.15, 0.2) is 0 Å². The van der Waals surface area contributed by atoms with Crippen molar-refractivity contribution in [2.24, 2.45) is 5.10 Å². The Morgan fingerprint density at radius 2 is 1.92 bits per heavy atom. The van der Waals surface area contributed by atoms with Crippen molar-refractivity contribution in [2.75, 3.05) is 6.26 Å². The van der Waals surface area contributed by atoms with Crippen molar-refractivity contribution < 1.29 is 4.79 Å². The largest absolute Gasteiger partial charge is 0.289 e. The van der Waals surface area contributed by atoms with E-state index in [-0.39, 0.29) is 5.91 Å². The number of thioether (sulfide) groups is 1. The van der Waals surface area contributed by atoms with Gasteiger partial charge >= 0.3 is 0 Å². The fraction of sp³-hybridized carbons (Fsp3) is 0.0556. The van der Waals surface area contributed by atoms with E-state index in [0.717, 1.165) is 11.1 Å². The minimum absolute atomic E-state index is 0.333. The van der Waals surface area contributed by atoms with Crippen molar-refractivity contribution in [3.63, 3.8) is 0 Å². The maximum absolute atomic E-state index is 12.1. The van der Waals surface area contributed by atoms with Crippen LogP contribution in [0.3, 0.4) is 0 Å². The maximum atomic E-state index is 12.1. The van der Waals surface area contributed by atoms with Gasteiger partial charge in [-0.05, 0) is 42.2 Å². The molecule has 0 spiro atoms. The van der Waals surface area contributed by atoms with Crippen LogP contribution >= 0.6 is 23.4 Å². The second kappa shape index (κ2) is 8.00. The highest BCUT2D eigenvalue weighted by Gasteiger charge is 2.10. The summed E-state index contributed by atoms with van der Waals surface area (Å²) < 4.78 is 0. The van der Waals surface area contributed by atoms with Crippen molar-refractivity contribution in [2.45, 2.75) is 4.90 Å². The number of amides is 1. The molecule has 3 rings (SSSR count). The molecule has 1 heterocycles. The van der Waals surface area contributed by atoms with Crippen LogP contribution in [0.2, 0.25) is 5.02 Å². The smallest absolute Gasteiger partial charge is 0.272 e. The predicted molar refractivity (Wildman–Crippen MR) is 102 cm³/mol. The summed E-state index contributed by atoms with van der Waals surface area (Å²) in [4.78, 5) is 13.3. The van der Waals surface area contributed by atoms with Crippen molar-refractivity contribution in [3.05, 3.63) is 70.9 Å². The third kappa shape index (κ3) is 4.49. The van der Waals surface area contributed by atoms with E-state index >= 15 is 0 Å². The summed E-state index contributed by atoms with van der Waals surface area (Å²) in [5.74, 6) is -0.357. The lowest BCUT2D eigenvalue weighted by atomic mass is 10.1. The van der Waals surface area contributed by atoms with Gasteiger partial charge in [0.2, 0.25) is 0 Å². The van der Waals surface area contributed by atoms with Crippen LogP contribution < -0.4 is 5.43 Å². The monoisotopic (exact) mass is 370 g/mol. The quantitative estimate of drug-likeness (QED) is 0.401. The number of carbonyl (C=O) groups is 1. The second-order valence-electron chi connectivity index (χ2n) is 5.15. The lowest BCUT2D eigenvalue weighted by Crippen LogP contribution is -2.17. The minimum atomic E-state index is -0.357. The topological polar surface area (TPSA) is 70.1 Å². The van der Waals surface area contributed by atoms with Gasteiger partial charge in [0.1, 0.15) is 5.69 Å². The Bertz CT molecular complexity index is 888. The van der Waals surface area contributed by atoms with Crippen LogP contribution in [0.15, 0.2) is 64.6 Å². The molecule has 0 saturated heterocycles. The summed E-state index contributed by atoms with van der Waals surface area (Å²) in [6.07, 6.45) is 3.62. The molecule has 0 aliphatic heterocycles. The van der Waals surface area contributed by atoms with Crippen molar-refractivity contribution in [3.8, 4) is 11.3 Å². The standard InChI is InChI=1S/C18H15ClN4OS/c1-25-15-8-2-12(3-9-15)11-20-23-18(24)17-10-16(21-22-17)13-4-6-14(19)7-5-13/h2-11H,1H3,(H,21,22)(H,23,24). The summed E-state index contributed by atoms with van der Waals surface area (Å²) >= 11 is 7.54. The first kappa shape index (κ1) is 17.3. The highest BCUT2D eigenvalue weighted by molar-refractivity contribution is 7.98. The number of benzene rings is 2. The van der Waals surface area contributed by atoms with Crippen molar-refractivity contribution in [1.82, 2.24) is 15.6 Å². The molecule has 0 saturated carbocycles. The molecule has 0 atom stereocenters. The molecule has 0 bridgehead atoms. The number of aromatic nitrogens is 2. The summed E-state index contributed by atoms with van der Waals surface area (Å²) in [6, 6.07) is 16.8. The van der Waals surface area contributed by atoms with E-state index in [0.29, 0.717) is 16.4 Å². The van der Waals surface area contributed by atoms with E-state index in [2.05, 4.69) is 20.7 Å². The number of hydrazone groups is 1. The lowest BCUT2D eigenvalue weighted by molar-refractivity contribution is 0.0950. The number of nitrogens with zero attached hydrogens (tertiary/aromatic N) is 2. The van der Waals surface area contributed by atoms with Crippen LogP contribution in [-0.2, 0) is 0 Å². The van der Waals surface area contributed by atoms with Crippen molar-refractivity contribution >= 4 is 35.5 Å². The number of aromatic amines is 1. The molecule has 1 aromatic heterocycles. The van der Waals surface area contributed by atoms with Gasteiger partial charge in [0.05, 0.1) is 11.9 Å². The SMILES string of the molecule is CSc1ccc(C=NNC(=O)c2cc(-c3ccc(Cl)cc3)n[nH]2)cc1. The van der Waals surface area contributed by atoms with E-state index in [1.807, 2.05) is 42.7 Å². The molecule has 0 unspecified atom stereocenters. The van der Waals surface area contributed by atoms with Gasteiger partial charge in [0, 0.05) is 15.5 Å². The third-order valence-electron chi connectivity index (χ3n) is 3.46. The average Bonchev–Trinajstić information content (AvgIpc) is 3.13. The van der Waals surface area contributed by atoms with Gasteiger partial charge in [-0.15, -0.1) is 11.8 Å². The Hall–Kier alpha value is -2.57. The van der Waals surface area contributed by atoms with E-state index in [4.69, 9.17) is 11.6 Å². The van der Waals surface area contributed by atoms with E-state index in [1.165, 1.54) is 4.90 Å².